The highest BCUT2D eigenvalue weighted by molar-refractivity contribution is 7.91. The smallest absolute Gasteiger partial charge is 0.294 e. The molecule has 4 heterocycles. The molecule has 1 fully saturated rings. The Labute approximate surface area is 224 Å². The van der Waals surface area contributed by atoms with Gasteiger partial charge in [0.25, 0.3) is 5.56 Å². The van der Waals surface area contributed by atoms with E-state index in [1.807, 2.05) is 13.8 Å². The van der Waals surface area contributed by atoms with Crippen LogP contribution in [-0.4, -0.2) is 48.6 Å². The first kappa shape index (κ1) is 26.7. The highest BCUT2D eigenvalue weighted by atomic mass is 32.2. The monoisotopic (exact) mass is 552 g/mol. The van der Waals surface area contributed by atoms with Gasteiger partial charge in [-0.1, -0.05) is 13.8 Å². The fraction of sp³-hybridized carbons (Fsp3) is 0.423. The van der Waals surface area contributed by atoms with Crippen molar-refractivity contribution in [3.05, 3.63) is 57.8 Å². The summed E-state index contributed by atoms with van der Waals surface area (Å²) in [6.45, 7) is 4.89. The number of aromatic nitrogens is 7. The SMILES string of the molecule is CCCn1c(=O)c(NCc2ccc(S(=O)(=O)CC)cn2)nc2c(CF)nc(-c3c(C)ncnc3C3CC3)nc21. The van der Waals surface area contributed by atoms with E-state index in [4.69, 9.17) is 4.98 Å². The van der Waals surface area contributed by atoms with Crippen LogP contribution >= 0.6 is 0 Å². The molecular weight excluding hydrogens is 523 g/mol. The molecule has 0 radical (unpaired) electrons. The van der Waals surface area contributed by atoms with E-state index in [1.54, 1.807) is 13.0 Å². The molecule has 0 unspecified atom stereocenters. The minimum absolute atomic E-state index is 0.00644. The zero-order valence-electron chi connectivity index (χ0n) is 22.0. The molecule has 4 aromatic rings. The number of nitrogens with one attached hydrogen (secondary N) is 1. The van der Waals surface area contributed by atoms with Gasteiger partial charge in [0.1, 0.15) is 24.2 Å². The predicted molar refractivity (Wildman–Crippen MR) is 144 cm³/mol. The molecule has 4 aromatic heterocycles. The largest absolute Gasteiger partial charge is 0.360 e. The van der Waals surface area contributed by atoms with Gasteiger partial charge in [0, 0.05) is 18.7 Å². The first-order valence-corrected chi connectivity index (χ1v) is 14.5. The maximum atomic E-state index is 14.4. The highest BCUT2D eigenvalue weighted by Gasteiger charge is 2.31. The molecule has 0 bridgehead atoms. The van der Waals surface area contributed by atoms with Crippen molar-refractivity contribution >= 4 is 26.8 Å². The lowest BCUT2D eigenvalue weighted by Crippen LogP contribution is -2.27. The number of alkyl halides is 1. The number of sulfone groups is 1. The Kier molecular flexibility index (Phi) is 7.34. The second kappa shape index (κ2) is 10.7. The molecule has 0 amide bonds. The first-order chi connectivity index (χ1) is 18.8. The van der Waals surface area contributed by atoms with Crippen molar-refractivity contribution < 1.29 is 12.8 Å². The summed E-state index contributed by atoms with van der Waals surface area (Å²) in [5.41, 5.74) is 2.82. The molecule has 204 valence electrons. The second-order valence-corrected chi connectivity index (χ2v) is 11.7. The molecule has 1 saturated carbocycles. The average molecular weight is 553 g/mol. The van der Waals surface area contributed by atoms with Gasteiger partial charge >= 0.3 is 0 Å². The van der Waals surface area contributed by atoms with Crippen LogP contribution in [0.25, 0.3) is 22.6 Å². The maximum absolute atomic E-state index is 14.4. The molecule has 13 heteroatoms. The van der Waals surface area contributed by atoms with E-state index in [1.165, 1.54) is 23.2 Å². The fourth-order valence-corrected chi connectivity index (χ4v) is 5.22. The van der Waals surface area contributed by atoms with Crippen LogP contribution in [0.2, 0.25) is 0 Å². The van der Waals surface area contributed by atoms with Crippen LogP contribution in [0, 0.1) is 6.92 Å². The number of aryl methyl sites for hydroxylation is 2. The van der Waals surface area contributed by atoms with E-state index in [9.17, 15) is 17.6 Å². The minimum atomic E-state index is -3.37. The van der Waals surface area contributed by atoms with Gasteiger partial charge in [0.15, 0.2) is 27.1 Å². The fourth-order valence-electron chi connectivity index (χ4n) is 4.40. The summed E-state index contributed by atoms with van der Waals surface area (Å²) in [5, 5.41) is 2.98. The lowest BCUT2D eigenvalue weighted by Gasteiger charge is -2.15. The minimum Gasteiger partial charge on any atom is -0.360 e. The molecule has 1 aliphatic rings. The van der Waals surface area contributed by atoms with Crippen LogP contribution < -0.4 is 10.9 Å². The average Bonchev–Trinajstić information content (AvgIpc) is 3.79. The number of hydrogen-bond donors (Lipinski definition) is 1. The molecule has 11 nitrogen and oxygen atoms in total. The van der Waals surface area contributed by atoms with Crippen LogP contribution in [0.15, 0.2) is 34.3 Å². The van der Waals surface area contributed by atoms with E-state index in [-0.39, 0.29) is 45.7 Å². The molecule has 1 N–H and O–H groups in total. The van der Waals surface area contributed by atoms with Gasteiger partial charge in [-0.3, -0.25) is 14.3 Å². The van der Waals surface area contributed by atoms with Crippen molar-refractivity contribution in [3.63, 3.8) is 0 Å². The summed E-state index contributed by atoms with van der Waals surface area (Å²) in [6, 6.07) is 3.05. The Morgan fingerprint density at radius 1 is 1.10 bits per heavy atom. The number of fused-ring (bicyclic) bond motifs is 1. The van der Waals surface area contributed by atoms with E-state index in [0.717, 1.165) is 18.5 Å². The Morgan fingerprint density at radius 3 is 2.54 bits per heavy atom. The standard InChI is InChI=1S/C26H29FN8O3S/c1-4-10-35-25-22(19(11-27)32-23(34-25)20-15(3)30-14-31-21(20)16-6-7-16)33-24(26(35)36)29-12-17-8-9-18(13-28-17)39(37,38)5-2/h8-9,13-14,16H,4-7,10-12H2,1-3H3,(H,29,33). The van der Waals surface area contributed by atoms with E-state index >= 15 is 0 Å². The maximum Gasteiger partial charge on any atom is 0.294 e. The molecule has 0 atom stereocenters. The number of anilines is 1. The Morgan fingerprint density at radius 2 is 1.90 bits per heavy atom. The third kappa shape index (κ3) is 5.22. The highest BCUT2D eigenvalue weighted by Crippen LogP contribution is 2.43. The molecule has 1 aliphatic carbocycles. The van der Waals surface area contributed by atoms with E-state index in [0.29, 0.717) is 35.8 Å². The van der Waals surface area contributed by atoms with Gasteiger partial charge in [0.05, 0.1) is 39.8 Å². The van der Waals surface area contributed by atoms with E-state index < -0.39 is 22.1 Å². The Hall–Kier alpha value is -3.87. The first-order valence-electron chi connectivity index (χ1n) is 12.9. The van der Waals surface area contributed by atoms with Crippen molar-refractivity contribution in [3.8, 4) is 11.4 Å². The van der Waals surface area contributed by atoms with Crippen molar-refractivity contribution in [1.29, 1.82) is 0 Å². The molecule has 0 saturated heterocycles. The number of pyridine rings is 1. The lowest BCUT2D eigenvalue weighted by atomic mass is 10.1. The Balaban J connectivity index is 1.57. The summed E-state index contributed by atoms with van der Waals surface area (Å²) in [6.07, 6.45) is 5.47. The van der Waals surface area contributed by atoms with Crippen molar-refractivity contribution in [2.45, 2.75) is 70.6 Å². The van der Waals surface area contributed by atoms with Crippen LogP contribution in [0.4, 0.5) is 10.2 Å². The second-order valence-electron chi connectivity index (χ2n) is 9.45. The summed E-state index contributed by atoms with van der Waals surface area (Å²) >= 11 is 0. The number of rotatable bonds is 10. The van der Waals surface area contributed by atoms with Gasteiger partial charge in [0.2, 0.25) is 0 Å². The van der Waals surface area contributed by atoms with Gasteiger partial charge < -0.3 is 5.32 Å². The number of halogens is 1. The van der Waals surface area contributed by atoms with Crippen molar-refractivity contribution in [2.75, 3.05) is 11.1 Å². The van der Waals surface area contributed by atoms with Crippen LogP contribution in [-0.2, 0) is 29.6 Å². The molecule has 0 aromatic carbocycles. The van der Waals surface area contributed by atoms with Crippen LogP contribution in [0.1, 0.15) is 61.8 Å². The van der Waals surface area contributed by atoms with Crippen molar-refractivity contribution in [1.82, 2.24) is 34.5 Å². The summed E-state index contributed by atoms with van der Waals surface area (Å²) in [5.74, 6) is 0.561. The molecule has 0 spiro atoms. The zero-order valence-corrected chi connectivity index (χ0v) is 22.8. The van der Waals surface area contributed by atoms with Crippen LogP contribution in [0.5, 0.6) is 0 Å². The quantitative estimate of drug-likeness (QED) is 0.310. The zero-order chi connectivity index (χ0) is 27.7. The number of nitrogens with zero attached hydrogens (tertiary/aromatic N) is 7. The lowest BCUT2D eigenvalue weighted by molar-refractivity contribution is 0.478. The normalized spacial score (nSPS) is 13.6. The molecule has 5 rings (SSSR count). The van der Waals surface area contributed by atoms with Crippen molar-refractivity contribution in [2.24, 2.45) is 0 Å². The predicted octanol–water partition coefficient (Wildman–Crippen LogP) is 3.51. The van der Waals surface area contributed by atoms with Gasteiger partial charge in [-0.15, -0.1) is 0 Å². The van der Waals surface area contributed by atoms with Gasteiger partial charge in [-0.25, -0.2) is 37.7 Å². The van der Waals surface area contributed by atoms with Crippen LogP contribution in [0.3, 0.4) is 0 Å². The summed E-state index contributed by atoms with van der Waals surface area (Å²) in [4.78, 5) is 40.2. The molecule has 0 aliphatic heterocycles. The number of hydrogen-bond acceptors (Lipinski definition) is 10. The Bertz CT molecular complexity index is 1700. The van der Waals surface area contributed by atoms with Gasteiger partial charge in [-0.05, 0) is 38.3 Å². The van der Waals surface area contributed by atoms with E-state index in [2.05, 4.69) is 30.2 Å². The molecule has 39 heavy (non-hydrogen) atoms. The topological polar surface area (TPSA) is 146 Å². The summed E-state index contributed by atoms with van der Waals surface area (Å²) < 4.78 is 39.9. The summed E-state index contributed by atoms with van der Waals surface area (Å²) in [7, 11) is -3.37. The third-order valence-electron chi connectivity index (χ3n) is 6.67. The van der Waals surface area contributed by atoms with Gasteiger partial charge in [-0.2, -0.15) is 0 Å². The molecular formula is C26H29FN8O3S. The third-order valence-corrected chi connectivity index (χ3v) is 8.39.